The van der Waals surface area contributed by atoms with Crippen LogP contribution in [0, 0.1) is 5.92 Å². The molecule has 0 bridgehead atoms. The fourth-order valence-corrected chi connectivity index (χ4v) is 1.64. The Balaban J connectivity index is 2.44. The molecule has 0 fully saturated rings. The van der Waals surface area contributed by atoms with Crippen molar-refractivity contribution in [1.82, 2.24) is 9.88 Å². The van der Waals surface area contributed by atoms with Crippen LogP contribution in [0.5, 0.6) is 0 Å². The zero-order valence-electron chi connectivity index (χ0n) is 8.15. The fourth-order valence-electron chi connectivity index (χ4n) is 1.64. The molecule has 1 atom stereocenters. The predicted molar refractivity (Wildman–Crippen MR) is 51.2 cm³/mol. The number of nitrogens with one attached hydrogen (secondary N) is 1. The molecule has 4 heteroatoms. The number of aromatic nitrogens is 1. The van der Waals surface area contributed by atoms with E-state index in [9.17, 15) is 9.59 Å². The largest absolute Gasteiger partial charge is 0.339 e. The van der Waals surface area contributed by atoms with Gasteiger partial charge in [0.25, 0.3) is 11.8 Å². The van der Waals surface area contributed by atoms with Crippen molar-refractivity contribution in [2.45, 2.75) is 19.9 Å². The standard InChI is InChI=1S/C10H12N2O2/c1-6(2)8-10(14)12-5-3-4-7(12)9(13)11-8/h3-6,8H,1-2H3,(H,11,13). The monoisotopic (exact) mass is 192 g/mol. The molecule has 0 spiro atoms. The van der Waals surface area contributed by atoms with E-state index in [1.54, 1.807) is 18.3 Å². The van der Waals surface area contributed by atoms with Crippen molar-refractivity contribution >= 4 is 11.8 Å². The summed E-state index contributed by atoms with van der Waals surface area (Å²) in [5, 5.41) is 2.70. The highest BCUT2D eigenvalue weighted by molar-refractivity contribution is 6.04. The van der Waals surface area contributed by atoms with Gasteiger partial charge in [-0.05, 0) is 18.1 Å². The highest BCUT2D eigenvalue weighted by atomic mass is 16.2. The number of hydrogen-bond acceptors (Lipinski definition) is 2. The third-order valence-electron chi connectivity index (χ3n) is 2.44. The summed E-state index contributed by atoms with van der Waals surface area (Å²) in [5.74, 6) is -0.116. The van der Waals surface area contributed by atoms with E-state index < -0.39 is 6.04 Å². The van der Waals surface area contributed by atoms with Crippen LogP contribution in [0.15, 0.2) is 18.3 Å². The maximum atomic E-state index is 11.8. The lowest BCUT2D eigenvalue weighted by atomic mass is 10.0. The second kappa shape index (κ2) is 2.97. The molecule has 0 aliphatic carbocycles. The molecular weight excluding hydrogens is 180 g/mol. The average Bonchev–Trinajstić information content (AvgIpc) is 2.59. The van der Waals surface area contributed by atoms with Gasteiger partial charge in [-0.1, -0.05) is 13.8 Å². The Morgan fingerprint density at radius 1 is 1.43 bits per heavy atom. The van der Waals surface area contributed by atoms with Crippen molar-refractivity contribution in [2.24, 2.45) is 5.92 Å². The zero-order valence-corrected chi connectivity index (χ0v) is 8.15. The first-order chi connectivity index (χ1) is 6.61. The quantitative estimate of drug-likeness (QED) is 0.718. The minimum absolute atomic E-state index is 0.0559. The lowest BCUT2D eigenvalue weighted by Crippen LogP contribution is -2.51. The number of rotatable bonds is 1. The Kier molecular flexibility index (Phi) is 1.91. The van der Waals surface area contributed by atoms with E-state index in [4.69, 9.17) is 0 Å². The highest BCUT2D eigenvalue weighted by Crippen LogP contribution is 2.14. The van der Waals surface area contributed by atoms with E-state index in [1.165, 1.54) is 4.57 Å². The summed E-state index contributed by atoms with van der Waals surface area (Å²) < 4.78 is 1.42. The summed E-state index contributed by atoms with van der Waals surface area (Å²) in [4.78, 5) is 23.3. The van der Waals surface area contributed by atoms with Crippen LogP contribution in [0.3, 0.4) is 0 Å². The first-order valence-corrected chi connectivity index (χ1v) is 4.63. The third kappa shape index (κ3) is 1.14. The van der Waals surface area contributed by atoms with Crippen LogP contribution in [0.1, 0.15) is 29.1 Å². The summed E-state index contributed by atoms with van der Waals surface area (Å²) in [5.41, 5.74) is 0.423. The smallest absolute Gasteiger partial charge is 0.269 e. The molecule has 14 heavy (non-hydrogen) atoms. The fraction of sp³-hybridized carbons (Fsp3) is 0.400. The van der Waals surface area contributed by atoms with Gasteiger partial charge in [-0.3, -0.25) is 14.2 Å². The summed E-state index contributed by atoms with van der Waals surface area (Å²) in [6.45, 7) is 3.83. The van der Waals surface area contributed by atoms with Crippen LogP contribution in [-0.2, 0) is 0 Å². The molecule has 1 aliphatic rings. The molecule has 1 unspecified atom stereocenters. The van der Waals surface area contributed by atoms with Crippen molar-refractivity contribution in [3.8, 4) is 0 Å². The summed E-state index contributed by atoms with van der Waals surface area (Å²) >= 11 is 0. The summed E-state index contributed by atoms with van der Waals surface area (Å²) in [6.07, 6.45) is 1.63. The van der Waals surface area contributed by atoms with Gasteiger partial charge in [0.1, 0.15) is 11.7 Å². The Hall–Kier alpha value is -1.58. The second-order valence-electron chi connectivity index (χ2n) is 3.80. The molecule has 0 saturated carbocycles. The number of hydrogen-bond donors (Lipinski definition) is 1. The van der Waals surface area contributed by atoms with E-state index in [-0.39, 0.29) is 17.7 Å². The van der Waals surface area contributed by atoms with Crippen molar-refractivity contribution < 1.29 is 9.59 Å². The van der Waals surface area contributed by atoms with Crippen molar-refractivity contribution in [3.63, 3.8) is 0 Å². The molecule has 1 N–H and O–H groups in total. The van der Waals surface area contributed by atoms with E-state index in [0.717, 1.165) is 0 Å². The number of amides is 1. The zero-order chi connectivity index (χ0) is 10.3. The summed E-state index contributed by atoms with van der Waals surface area (Å²) in [6, 6.07) is 2.95. The molecule has 74 valence electrons. The normalized spacial score (nSPS) is 20.9. The molecule has 1 amide bonds. The Morgan fingerprint density at radius 2 is 2.14 bits per heavy atom. The Bertz CT molecular complexity index is 393. The van der Waals surface area contributed by atoms with Crippen molar-refractivity contribution in [3.05, 3.63) is 24.0 Å². The Labute approximate surface area is 81.9 Å². The first kappa shape index (κ1) is 8.99. The van der Waals surface area contributed by atoms with Gasteiger partial charge in [-0.15, -0.1) is 0 Å². The molecule has 2 rings (SSSR count). The molecule has 0 saturated heterocycles. The number of fused-ring (bicyclic) bond motifs is 1. The third-order valence-corrected chi connectivity index (χ3v) is 2.44. The number of nitrogens with zero attached hydrogens (tertiary/aromatic N) is 1. The van der Waals surface area contributed by atoms with Gasteiger partial charge >= 0.3 is 0 Å². The highest BCUT2D eigenvalue weighted by Gasteiger charge is 2.32. The van der Waals surface area contributed by atoms with Gasteiger partial charge < -0.3 is 5.32 Å². The molecule has 1 aromatic rings. The van der Waals surface area contributed by atoms with Crippen LogP contribution >= 0.6 is 0 Å². The van der Waals surface area contributed by atoms with Crippen LogP contribution in [0.2, 0.25) is 0 Å². The second-order valence-corrected chi connectivity index (χ2v) is 3.80. The molecule has 1 aliphatic heterocycles. The van der Waals surface area contributed by atoms with E-state index in [2.05, 4.69) is 5.32 Å². The van der Waals surface area contributed by atoms with Gasteiger partial charge in [0.05, 0.1) is 0 Å². The lowest BCUT2D eigenvalue weighted by Gasteiger charge is -2.26. The van der Waals surface area contributed by atoms with Gasteiger partial charge in [-0.2, -0.15) is 0 Å². The average molecular weight is 192 g/mol. The minimum Gasteiger partial charge on any atom is -0.339 e. The summed E-state index contributed by atoms with van der Waals surface area (Å²) in [7, 11) is 0. The van der Waals surface area contributed by atoms with Crippen molar-refractivity contribution in [2.75, 3.05) is 0 Å². The van der Waals surface area contributed by atoms with Gasteiger partial charge in [0.2, 0.25) is 0 Å². The maximum absolute atomic E-state index is 11.8. The topological polar surface area (TPSA) is 51.1 Å². The maximum Gasteiger partial charge on any atom is 0.269 e. The molecular formula is C10H12N2O2. The molecule has 0 radical (unpaired) electrons. The van der Waals surface area contributed by atoms with Crippen molar-refractivity contribution in [1.29, 1.82) is 0 Å². The van der Waals surface area contributed by atoms with Crippen LogP contribution in [0.25, 0.3) is 0 Å². The number of carbonyl (C=O) groups excluding carboxylic acids is 2. The molecule has 1 aromatic heterocycles. The van der Waals surface area contributed by atoms with Gasteiger partial charge in [-0.25, -0.2) is 0 Å². The van der Waals surface area contributed by atoms with E-state index in [1.807, 2.05) is 13.8 Å². The van der Waals surface area contributed by atoms with Crippen LogP contribution in [0.4, 0.5) is 0 Å². The van der Waals surface area contributed by atoms with Gasteiger partial charge in [0, 0.05) is 6.20 Å². The Morgan fingerprint density at radius 3 is 2.79 bits per heavy atom. The first-order valence-electron chi connectivity index (χ1n) is 4.63. The SMILES string of the molecule is CC(C)C1NC(=O)c2cccn2C1=O. The molecule has 2 heterocycles. The molecule has 0 aromatic carbocycles. The van der Waals surface area contributed by atoms with Crippen LogP contribution in [-0.4, -0.2) is 22.4 Å². The van der Waals surface area contributed by atoms with E-state index >= 15 is 0 Å². The predicted octanol–water partition coefficient (Wildman–Crippen LogP) is 0.896. The van der Waals surface area contributed by atoms with Gasteiger partial charge in [0.15, 0.2) is 0 Å². The van der Waals surface area contributed by atoms with E-state index in [0.29, 0.717) is 5.69 Å². The van der Waals surface area contributed by atoms with Crippen LogP contribution < -0.4 is 5.32 Å². The lowest BCUT2D eigenvalue weighted by molar-refractivity contribution is 0.0721. The number of carbonyl (C=O) groups is 2. The molecule has 4 nitrogen and oxygen atoms in total. The minimum atomic E-state index is -0.401.